The van der Waals surface area contributed by atoms with Crippen molar-refractivity contribution in [2.75, 3.05) is 6.26 Å². The first-order chi connectivity index (χ1) is 8.90. The smallest absolute Gasteiger partial charge is 0.222 e. The van der Waals surface area contributed by atoms with Crippen molar-refractivity contribution in [2.24, 2.45) is 0 Å². The summed E-state index contributed by atoms with van der Waals surface area (Å²) in [4.78, 5) is 1.35. The molecule has 0 saturated heterocycles. The van der Waals surface area contributed by atoms with Crippen molar-refractivity contribution in [3.8, 4) is 0 Å². The van der Waals surface area contributed by atoms with Gasteiger partial charge in [0.25, 0.3) is 0 Å². The topological polar surface area (TPSA) is 96.3 Å². The summed E-state index contributed by atoms with van der Waals surface area (Å²) in [6.07, 6.45) is 4.37. The third-order valence-electron chi connectivity index (χ3n) is 2.56. The molecule has 7 heteroatoms. The number of aromatic nitrogens is 1. The molecule has 2 aromatic rings. The van der Waals surface area contributed by atoms with Gasteiger partial charge in [-0.25, -0.2) is 18.6 Å². The second-order valence-electron chi connectivity index (χ2n) is 3.71. The van der Waals surface area contributed by atoms with Gasteiger partial charge in [0.2, 0.25) is 16.9 Å². The summed E-state index contributed by atoms with van der Waals surface area (Å²) in [6, 6.07) is 12.8. The van der Waals surface area contributed by atoms with E-state index in [1.54, 1.807) is 11.8 Å². The quantitative estimate of drug-likeness (QED) is 0.559. The van der Waals surface area contributed by atoms with E-state index in [9.17, 15) is 0 Å². The summed E-state index contributed by atoms with van der Waals surface area (Å²) in [7, 11) is -4.94. The number of halogens is 1. The maximum absolute atomic E-state index is 8.49. The van der Waals surface area contributed by atoms with Crippen LogP contribution < -0.4 is 23.0 Å². The van der Waals surface area contributed by atoms with E-state index in [2.05, 4.69) is 53.1 Å². The summed E-state index contributed by atoms with van der Waals surface area (Å²) < 4.78 is 36.3. The van der Waals surface area contributed by atoms with Crippen LogP contribution in [0.5, 0.6) is 0 Å². The van der Waals surface area contributed by atoms with Crippen LogP contribution in [0.3, 0.4) is 0 Å². The van der Waals surface area contributed by atoms with E-state index >= 15 is 0 Å². The SMILES string of the molecule is CSC1=Cc2cccc3cccc1[n+]23.[O-][Cl+3]([O-])([O-])[O-]. The monoisotopic (exact) mass is 299 g/mol. The van der Waals surface area contributed by atoms with E-state index in [1.165, 1.54) is 21.8 Å². The molecule has 0 N–H and O–H groups in total. The highest BCUT2D eigenvalue weighted by Crippen LogP contribution is 2.29. The summed E-state index contributed by atoms with van der Waals surface area (Å²) in [5.74, 6) is 0. The van der Waals surface area contributed by atoms with E-state index in [1.807, 2.05) is 0 Å². The predicted molar refractivity (Wildman–Crippen MR) is 61.0 cm³/mol. The van der Waals surface area contributed by atoms with Crippen LogP contribution in [0.15, 0.2) is 36.4 Å². The van der Waals surface area contributed by atoms with Crippen LogP contribution in [-0.2, 0) is 0 Å². The second-order valence-corrected chi connectivity index (χ2v) is 5.32. The molecule has 0 spiro atoms. The predicted octanol–water partition coefficient (Wildman–Crippen LogP) is -2.16. The fraction of sp³-hybridized carbons (Fsp3) is 0.0833. The normalized spacial score (nSPS) is 13.0. The van der Waals surface area contributed by atoms with Crippen LogP contribution in [0, 0.1) is 10.2 Å². The molecular weight excluding hydrogens is 290 g/mol. The van der Waals surface area contributed by atoms with Crippen molar-refractivity contribution >= 4 is 28.3 Å². The van der Waals surface area contributed by atoms with Crippen molar-refractivity contribution in [1.29, 1.82) is 0 Å². The third kappa shape index (κ3) is 3.44. The summed E-state index contributed by atoms with van der Waals surface area (Å²) in [6.45, 7) is 0. The van der Waals surface area contributed by atoms with Crippen molar-refractivity contribution in [2.45, 2.75) is 0 Å². The van der Waals surface area contributed by atoms with Gasteiger partial charge < -0.3 is 0 Å². The Balaban J connectivity index is 0.000000232. The van der Waals surface area contributed by atoms with E-state index in [4.69, 9.17) is 18.6 Å². The Labute approximate surface area is 116 Å². The first kappa shape index (κ1) is 14.3. The first-order valence-electron chi connectivity index (χ1n) is 5.22. The third-order valence-corrected chi connectivity index (χ3v) is 3.33. The van der Waals surface area contributed by atoms with Crippen LogP contribution in [0.2, 0.25) is 0 Å². The highest BCUT2D eigenvalue weighted by molar-refractivity contribution is 8.07. The van der Waals surface area contributed by atoms with Gasteiger partial charge in [-0.15, -0.1) is 22.0 Å². The number of pyridine rings is 2. The molecule has 100 valence electrons. The second kappa shape index (κ2) is 5.46. The van der Waals surface area contributed by atoms with E-state index in [0.29, 0.717) is 0 Å². The van der Waals surface area contributed by atoms with Gasteiger partial charge in [0.15, 0.2) is 0 Å². The summed E-state index contributed by atoms with van der Waals surface area (Å²) in [5.41, 5.74) is 3.85. The molecule has 0 amide bonds. The van der Waals surface area contributed by atoms with Gasteiger partial charge in [-0.2, -0.15) is 4.40 Å². The molecular formula is C12H10ClNO4S. The van der Waals surface area contributed by atoms with Crippen molar-refractivity contribution < 1.29 is 33.3 Å². The molecule has 0 radical (unpaired) electrons. The first-order valence-corrected chi connectivity index (χ1v) is 7.67. The minimum absolute atomic E-state index is 1.26. The Morgan fingerprint density at radius 2 is 1.58 bits per heavy atom. The average molecular weight is 300 g/mol. The van der Waals surface area contributed by atoms with Gasteiger partial charge in [-0.1, -0.05) is 0 Å². The van der Waals surface area contributed by atoms with Crippen molar-refractivity contribution in [3.63, 3.8) is 0 Å². The lowest BCUT2D eigenvalue weighted by molar-refractivity contribution is -2.00. The fourth-order valence-electron chi connectivity index (χ4n) is 1.94. The van der Waals surface area contributed by atoms with Crippen LogP contribution in [0.1, 0.15) is 11.4 Å². The Hall–Kier alpha value is -1.15. The van der Waals surface area contributed by atoms with E-state index < -0.39 is 10.2 Å². The Kier molecular flexibility index (Phi) is 4.10. The zero-order valence-electron chi connectivity index (χ0n) is 9.91. The Morgan fingerprint density at radius 1 is 1.00 bits per heavy atom. The molecule has 0 atom stereocenters. The molecule has 2 aromatic heterocycles. The largest absolute Gasteiger partial charge is 0.225 e. The number of thioether (sulfide) groups is 1. The van der Waals surface area contributed by atoms with E-state index in [0.717, 1.165) is 0 Å². The molecule has 5 nitrogen and oxygen atoms in total. The molecule has 1 aliphatic heterocycles. The highest BCUT2D eigenvalue weighted by atomic mass is 35.7. The molecule has 0 aliphatic carbocycles. The summed E-state index contributed by atoms with van der Waals surface area (Å²) in [5, 5.41) is 0. The minimum Gasteiger partial charge on any atom is -0.222 e. The van der Waals surface area contributed by atoms with E-state index in [-0.39, 0.29) is 0 Å². The molecule has 0 fully saturated rings. The lowest BCUT2D eigenvalue weighted by Gasteiger charge is -2.17. The maximum atomic E-state index is 8.49. The van der Waals surface area contributed by atoms with Crippen molar-refractivity contribution in [3.05, 3.63) is 47.8 Å². The average Bonchev–Trinajstić information content (AvgIpc) is 2.68. The molecule has 1 aliphatic rings. The van der Waals surface area contributed by atoms with Gasteiger partial charge in [0.1, 0.15) is 0 Å². The van der Waals surface area contributed by atoms with Crippen molar-refractivity contribution in [1.82, 2.24) is 0 Å². The standard InChI is InChI=1S/C12H10NS.ClHO4/c1-14-12-8-10-6-2-4-9-5-3-7-11(12)13(9)10;2-1(3,4)5/h2-8H,1H3;(H,2,3,4,5)/q+1;/p-1. The Morgan fingerprint density at radius 3 is 2.16 bits per heavy atom. The summed E-state index contributed by atoms with van der Waals surface area (Å²) >= 11 is 1.80. The number of hydrogen-bond acceptors (Lipinski definition) is 5. The maximum Gasteiger partial charge on any atom is 0.225 e. The molecule has 3 heterocycles. The molecule has 0 bridgehead atoms. The lowest BCUT2D eigenvalue weighted by Crippen LogP contribution is -2.68. The van der Waals surface area contributed by atoms with Crippen LogP contribution >= 0.6 is 11.8 Å². The molecule has 0 unspecified atom stereocenters. The fourth-order valence-corrected chi connectivity index (χ4v) is 2.55. The molecule has 19 heavy (non-hydrogen) atoms. The van der Waals surface area contributed by atoms with Crippen LogP contribution in [0.25, 0.3) is 16.5 Å². The van der Waals surface area contributed by atoms with Gasteiger partial charge in [0, 0.05) is 30.3 Å². The van der Waals surface area contributed by atoms with Gasteiger partial charge in [-0.3, -0.25) is 0 Å². The zero-order valence-corrected chi connectivity index (χ0v) is 11.5. The number of nitrogens with zero attached hydrogens (tertiary/aromatic N) is 1. The number of hydrogen-bond donors (Lipinski definition) is 0. The molecule has 0 saturated carbocycles. The van der Waals surface area contributed by atoms with Gasteiger partial charge in [0.05, 0.1) is 4.91 Å². The van der Waals surface area contributed by atoms with Crippen LogP contribution in [0.4, 0.5) is 0 Å². The minimum atomic E-state index is -4.94. The molecule has 3 rings (SSSR count). The molecule has 0 aromatic carbocycles. The van der Waals surface area contributed by atoms with Gasteiger partial charge in [-0.05, 0) is 18.4 Å². The highest BCUT2D eigenvalue weighted by Gasteiger charge is 2.23. The lowest BCUT2D eigenvalue weighted by atomic mass is 10.3. The van der Waals surface area contributed by atoms with Crippen LogP contribution in [-0.4, -0.2) is 6.26 Å². The number of rotatable bonds is 1. The zero-order chi connectivity index (χ0) is 14.0. The Bertz CT molecular complexity index is 628. The van der Waals surface area contributed by atoms with Gasteiger partial charge >= 0.3 is 0 Å².